The summed E-state index contributed by atoms with van der Waals surface area (Å²) in [6, 6.07) is 15.7. The summed E-state index contributed by atoms with van der Waals surface area (Å²) in [6.07, 6.45) is 2.95. The van der Waals surface area contributed by atoms with Gasteiger partial charge in [0.25, 0.3) is 10.0 Å². The monoisotopic (exact) mass is 409 g/mol. The van der Waals surface area contributed by atoms with Crippen LogP contribution in [0, 0.1) is 5.41 Å². The molecule has 29 heavy (non-hydrogen) atoms. The zero-order valence-electron chi connectivity index (χ0n) is 16.2. The molecule has 150 valence electrons. The number of nitrogens with zero attached hydrogens (tertiary/aromatic N) is 1. The van der Waals surface area contributed by atoms with Gasteiger partial charge in [-0.3, -0.25) is 9.10 Å². The molecule has 6 heteroatoms. The number of ketones is 1. The molecular weight excluding hydrogens is 386 g/mol. The highest BCUT2D eigenvalue weighted by molar-refractivity contribution is 7.92. The van der Waals surface area contributed by atoms with Crippen LogP contribution in [0.5, 0.6) is 0 Å². The highest BCUT2D eigenvalue weighted by Crippen LogP contribution is 2.69. The van der Waals surface area contributed by atoms with Gasteiger partial charge in [0.05, 0.1) is 27.6 Å². The topological polar surface area (TPSA) is 63.7 Å². The van der Waals surface area contributed by atoms with Gasteiger partial charge in [0.2, 0.25) is 0 Å². The van der Waals surface area contributed by atoms with Crippen LogP contribution in [0.1, 0.15) is 44.1 Å². The lowest BCUT2D eigenvalue weighted by molar-refractivity contribution is -0.133. The molecule has 3 heterocycles. The second-order valence-electron chi connectivity index (χ2n) is 8.97. The number of hydrogen-bond acceptors (Lipinski definition) is 4. The summed E-state index contributed by atoms with van der Waals surface area (Å²) in [5, 5.41) is 0. The molecule has 0 amide bonds. The maximum Gasteiger partial charge on any atom is 0.264 e. The van der Waals surface area contributed by atoms with Crippen molar-refractivity contribution in [2.75, 3.05) is 4.31 Å². The first-order valence-electron chi connectivity index (χ1n) is 10.3. The van der Waals surface area contributed by atoms with Gasteiger partial charge in [0.1, 0.15) is 6.10 Å². The van der Waals surface area contributed by atoms with Crippen molar-refractivity contribution < 1.29 is 17.9 Å². The van der Waals surface area contributed by atoms with Gasteiger partial charge in [-0.2, -0.15) is 0 Å². The Labute approximate surface area is 170 Å². The van der Waals surface area contributed by atoms with Crippen LogP contribution in [0.2, 0.25) is 0 Å². The number of benzene rings is 2. The molecule has 2 saturated heterocycles. The largest absolute Gasteiger partial charge is 0.360 e. The fraction of sp³-hybridized carbons (Fsp3) is 0.435. The number of carbonyl (C=O) groups excluding carboxylic acids is 1. The Morgan fingerprint density at radius 2 is 1.69 bits per heavy atom. The number of anilines is 1. The molecule has 0 unspecified atom stereocenters. The number of hydrogen-bond donors (Lipinski definition) is 0. The molecule has 5 nitrogen and oxygen atoms in total. The number of sulfonamides is 1. The standard InChI is InChI=1S/C23H23NO4S/c1-22-13-7-8-14-23(22)18-16-11-5-6-12-17(16)24(19(18)20(28-23)21(22)25)29(26,27)15-9-3-2-4-10-15/h2-6,9-12,18-20H,7-8,13-14H2,1H3/t18-,19+,20+,22+,23-/m1/s1. The smallest absolute Gasteiger partial charge is 0.264 e. The third-order valence-corrected chi connectivity index (χ3v) is 9.61. The Kier molecular flexibility index (Phi) is 3.34. The van der Waals surface area contributed by atoms with Gasteiger partial charge in [-0.15, -0.1) is 0 Å². The average molecular weight is 410 g/mol. The first kappa shape index (κ1) is 17.7. The Bertz CT molecular complexity index is 1130. The minimum Gasteiger partial charge on any atom is -0.360 e. The van der Waals surface area contributed by atoms with Crippen molar-refractivity contribution in [3.05, 3.63) is 60.2 Å². The van der Waals surface area contributed by atoms with E-state index in [1.807, 2.05) is 31.2 Å². The van der Waals surface area contributed by atoms with E-state index in [9.17, 15) is 13.2 Å². The van der Waals surface area contributed by atoms with E-state index in [2.05, 4.69) is 0 Å². The number of para-hydroxylation sites is 1. The maximum absolute atomic E-state index is 13.7. The fourth-order valence-electron chi connectivity index (χ4n) is 6.52. The molecule has 6 rings (SSSR count). The Balaban J connectivity index is 1.59. The molecule has 3 aliphatic heterocycles. The molecule has 1 spiro atoms. The Morgan fingerprint density at radius 1 is 1.00 bits per heavy atom. The van der Waals surface area contributed by atoms with Crippen molar-refractivity contribution in [1.29, 1.82) is 0 Å². The number of carbonyl (C=O) groups is 1. The Morgan fingerprint density at radius 3 is 2.48 bits per heavy atom. The van der Waals surface area contributed by atoms with E-state index in [1.165, 1.54) is 4.31 Å². The average Bonchev–Trinajstić information content (AvgIpc) is 3.32. The van der Waals surface area contributed by atoms with Crippen LogP contribution in [-0.4, -0.2) is 31.9 Å². The predicted octanol–water partition coefficient (Wildman–Crippen LogP) is 3.65. The highest BCUT2D eigenvalue weighted by Gasteiger charge is 2.78. The SMILES string of the molecule is C[C@@]12CCCC[C@]13O[C@H](C2=O)[C@@H]1[C@H]3c2ccccc2N1S(=O)(=O)c1ccccc1. The number of Topliss-reactive ketones (excluding diaryl/α,β-unsaturated/α-hetero) is 1. The maximum atomic E-state index is 13.7. The van der Waals surface area contributed by atoms with Gasteiger partial charge in [0.15, 0.2) is 5.78 Å². The van der Waals surface area contributed by atoms with Crippen molar-refractivity contribution in [1.82, 2.24) is 0 Å². The van der Waals surface area contributed by atoms with E-state index in [4.69, 9.17) is 4.74 Å². The van der Waals surface area contributed by atoms with Crippen LogP contribution in [0.25, 0.3) is 0 Å². The van der Waals surface area contributed by atoms with Crippen LogP contribution in [0.4, 0.5) is 5.69 Å². The van der Waals surface area contributed by atoms with Gasteiger partial charge >= 0.3 is 0 Å². The summed E-state index contributed by atoms with van der Waals surface area (Å²) >= 11 is 0. The minimum atomic E-state index is -3.81. The molecular formula is C23H23NO4S. The van der Waals surface area contributed by atoms with E-state index < -0.39 is 33.2 Å². The summed E-state index contributed by atoms with van der Waals surface area (Å²) in [6.45, 7) is 2.04. The predicted molar refractivity (Wildman–Crippen MR) is 108 cm³/mol. The lowest BCUT2D eigenvalue weighted by Gasteiger charge is -2.49. The van der Waals surface area contributed by atoms with Gasteiger partial charge < -0.3 is 4.74 Å². The molecule has 0 aromatic heterocycles. The second-order valence-corrected chi connectivity index (χ2v) is 10.8. The molecule has 0 N–H and O–H groups in total. The molecule has 0 radical (unpaired) electrons. The molecule has 3 fully saturated rings. The van der Waals surface area contributed by atoms with E-state index in [0.29, 0.717) is 5.69 Å². The van der Waals surface area contributed by atoms with E-state index in [-0.39, 0.29) is 16.6 Å². The number of ether oxygens (including phenoxy) is 1. The summed E-state index contributed by atoms with van der Waals surface area (Å²) in [4.78, 5) is 13.7. The van der Waals surface area contributed by atoms with Crippen molar-refractivity contribution in [3.63, 3.8) is 0 Å². The number of rotatable bonds is 2. The second kappa shape index (κ2) is 5.49. The highest BCUT2D eigenvalue weighted by atomic mass is 32.2. The molecule has 2 aromatic carbocycles. The quantitative estimate of drug-likeness (QED) is 0.760. The summed E-state index contributed by atoms with van der Waals surface area (Å²) in [7, 11) is -3.81. The van der Waals surface area contributed by atoms with Crippen LogP contribution in [0.15, 0.2) is 59.5 Å². The fourth-order valence-corrected chi connectivity index (χ4v) is 8.22. The zero-order valence-corrected chi connectivity index (χ0v) is 17.1. The molecule has 2 bridgehead atoms. The van der Waals surface area contributed by atoms with Crippen molar-refractivity contribution in [2.45, 2.75) is 61.2 Å². The van der Waals surface area contributed by atoms with Gasteiger partial charge in [0, 0.05) is 5.92 Å². The number of fused-ring (bicyclic) bond motifs is 5. The zero-order chi connectivity index (χ0) is 20.0. The van der Waals surface area contributed by atoms with Crippen LogP contribution < -0.4 is 4.31 Å². The van der Waals surface area contributed by atoms with Crippen LogP contribution in [0.3, 0.4) is 0 Å². The normalized spacial score (nSPS) is 37.3. The first-order valence-corrected chi connectivity index (χ1v) is 11.8. The van der Waals surface area contributed by atoms with Crippen LogP contribution >= 0.6 is 0 Å². The van der Waals surface area contributed by atoms with Crippen LogP contribution in [-0.2, 0) is 19.6 Å². The van der Waals surface area contributed by atoms with E-state index >= 15 is 0 Å². The lowest BCUT2D eigenvalue weighted by atomic mass is 9.53. The summed E-state index contributed by atoms with van der Waals surface area (Å²) in [5.74, 6) is -0.0234. The lowest BCUT2D eigenvalue weighted by Crippen LogP contribution is -2.59. The van der Waals surface area contributed by atoms with E-state index in [0.717, 1.165) is 31.2 Å². The van der Waals surface area contributed by atoms with Crippen molar-refractivity contribution >= 4 is 21.5 Å². The summed E-state index contributed by atoms with van der Waals surface area (Å²) < 4.78 is 35.4. The van der Waals surface area contributed by atoms with Crippen molar-refractivity contribution in [3.8, 4) is 0 Å². The minimum absolute atomic E-state index is 0.0829. The third kappa shape index (κ3) is 1.90. The molecule has 4 aliphatic rings. The van der Waals surface area contributed by atoms with Gasteiger partial charge in [-0.05, 0) is 43.5 Å². The Hall–Kier alpha value is -2.18. The van der Waals surface area contributed by atoms with Gasteiger partial charge in [-0.1, -0.05) is 49.2 Å². The molecule has 5 atom stereocenters. The molecule has 1 saturated carbocycles. The van der Waals surface area contributed by atoms with E-state index in [1.54, 1.807) is 30.3 Å². The van der Waals surface area contributed by atoms with Crippen molar-refractivity contribution in [2.24, 2.45) is 5.41 Å². The summed E-state index contributed by atoms with van der Waals surface area (Å²) in [5.41, 5.74) is 0.563. The third-order valence-electron chi connectivity index (χ3n) is 7.78. The first-order chi connectivity index (χ1) is 13.9. The molecule has 2 aromatic rings. The molecule has 1 aliphatic carbocycles. The van der Waals surface area contributed by atoms with Gasteiger partial charge in [-0.25, -0.2) is 8.42 Å².